The lowest BCUT2D eigenvalue weighted by molar-refractivity contribution is 0.159. The van der Waals surface area contributed by atoms with Gasteiger partial charge in [-0.1, -0.05) is 18.2 Å². The van der Waals surface area contributed by atoms with Gasteiger partial charge in [0.1, 0.15) is 0 Å². The summed E-state index contributed by atoms with van der Waals surface area (Å²) in [6, 6.07) is 9.44. The molecule has 0 bridgehead atoms. The lowest BCUT2D eigenvalue weighted by Crippen LogP contribution is -2.36. The number of ether oxygens (including phenoxy) is 1. The van der Waals surface area contributed by atoms with E-state index >= 15 is 0 Å². The minimum Gasteiger partial charge on any atom is -0.380 e. The van der Waals surface area contributed by atoms with Gasteiger partial charge in [0.2, 0.25) is 0 Å². The monoisotopic (exact) mass is 249 g/mol. The first-order valence-corrected chi connectivity index (χ1v) is 7.23. The minimum atomic E-state index is 0.638. The van der Waals surface area contributed by atoms with Crippen LogP contribution in [0.15, 0.2) is 29.2 Å². The van der Waals surface area contributed by atoms with Crippen molar-refractivity contribution in [3.8, 4) is 0 Å². The fourth-order valence-corrected chi connectivity index (χ4v) is 4.09. The average molecular weight is 249 g/mol. The van der Waals surface area contributed by atoms with E-state index in [2.05, 4.69) is 36.2 Å². The van der Waals surface area contributed by atoms with E-state index in [9.17, 15) is 0 Å². The Morgan fingerprint density at radius 3 is 3.06 bits per heavy atom. The third-order valence-corrected chi connectivity index (χ3v) is 5.04. The zero-order chi connectivity index (χ0) is 11.7. The van der Waals surface area contributed by atoms with Crippen molar-refractivity contribution < 1.29 is 4.74 Å². The van der Waals surface area contributed by atoms with Crippen LogP contribution in [0.3, 0.4) is 0 Å². The Balaban J connectivity index is 1.58. The van der Waals surface area contributed by atoms with Gasteiger partial charge in [-0.15, -0.1) is 11.8 Å². The van der Waals surface area contributed by atoms with Crippen LogP contribution >= 0.6 is 11.8 Å². The molecule has 0 amide bonds. The summed E-state index contributed by atoms with van der Waals surface area (Å²) in [7, 11) is 2.24. The van der Waals surface area contributed by atoms with E-state index in [0.29, 0.717) is 6.04 Å². The highest BCUT2D eigenvalue weighted by Gasteiger charge is 2.26. The van der Waals surface area contributed by atoms with Gasteiger partial charge in [0, 0.05) is 29.3 Å². The van der Waals surface area contributed by atoms with Crippen LogP contribution in [-0.4, -0.2) is 43.0 Å². The zero-order valence-electron chi connectivity index (χ0n) is 10.3. The van der Waals surface area contributed by atoms with Crippen LogP contribution in [0.25, 0.3) is 0 Å². The number of nitrogens with zero attached hydrogens (tertiary/aromatic N) is 1. The summed E-state index contributed by atoms with van der Waals surface area (Å²) in [6.45, 7) is 3.03. The topological polar surface area (TPSA) is 12.5 Å². The molecule has 1 saturated heterocycles. The quantitative estimate of drug-likeness (QED) is 0.816. The summed E-state index contributed by atoms with van der Waals surface area (Å²) in [6.07, 6.45) is 2.42. The number of hydrogen-bond acceptors (Lipinski definition) is 3. The summed E-state index contributed by atoms with van der Waals surface area (Å²) < 4.78 is 5.46. The molecule has 0 aromatic heterocycles. The molecule has 0 aliphatic carbocycles. The van der Waals surface area contributed by atoms with E-state index in [-0.39, 0.29) is 0 Å². The molecule has 3 rings (SSSR count). The molecule has 0 radical (unpaired) electrons. The van der Waals surface area contributed by atoms with Gasteiger partial charge in [0.05, 0.1) is 6.61 Å². The lowest BCUT2D eigenvalue weighted by Gasteiger charge is -2.25. The highest BCUT2D eigenvalue weighted by Crippen LogP contribution is 2.37. The van der Waals surface area contributed by atoms with Crippen molar-refractivity contribution in [3.05, 3.63) is 29.8 Å². The van der Waals surface area contributed by atoms with Crippen molar-refractivity contribution in [2.45, 2.75) is 29.0 Å². The molecule has 92 valence electrons. The Morgan fingerprint density at radius 2 is 2.29 bits per heavy atom. The Labute approximate surface area is 107 Å². The van der Waals surface area contributed by atoms with Crippen LogP contribution in [0.5, 0.6) is 0 Å². The van der Waals surface area contributed by atoms with Gasteiger partial charge in [0.15, 0.2) is 0 Å². The van der Waals surface area contributed by atoms with Crippen LogP contribution in [0, 0.1) is 0 Å². The van der Waals surface area contributed by atoms with Crippen molar-refractivity contribution in [1.82, 2.24) is 4.90 Å². The van der Waals surface area contributed by atoms with Gasteiger partial charge in [-0.3, -0.25) is 4.90 Å². The molecular formula is C14H19NOS. The van der Waals surface area contributed by atoms with Gasteiger partial charge < -0.3 is 4.74 Å². The number of benzene rings is 1. The van der Waals surface area contributed by atoms with Crippen LogP contribution < -0.4 is 0 Å². The molecule has 17 heavy (non-hydrogen) atoms. The predicted octanol–water partition coefficient (Wildman–Crippen LogP) is 2.42. The Morgan fingerprint density at radius 1 is 1.41 bits per heavy atom. The van der Waals surface area contributed by atoms with Crippen molar-refractivity contribution in [1.29, 1.82) is 0 Å². The van der Waals surface area contributed by atoms with E-state index in [4.69, 9.17) is 4.74 Å². The van der Waals surface area contributed by atoms with Crippen molar-refractivity contribution in [2.75, 3.05) is 26.8 Å². The maximum atomic E-state index is 5.46. The second kappa shape index (κ2) is 5.01. The molecule has 2 heterocycles. The molecule has 2 aliphatic rings. The maximum absolute atomic E-state index is 5.46. The van der Waals surface area contributed by atoms with Gasteiger partial charge in [-0.2, -0.15) is 0 Å². The first-order chi connectivity index (χ1) is 8.33. The van der Waals surface area contributed by atoms with Gasteiger partial charge in [-0.25, -0.2) is 0 Å². The summed E-state index contributed by atoms with van der Waals surface area (Å²) in [5.74, 6) is 0. The number of hydrogen-bond donors (Lipinski definition) is 0. The van der Waals surface area contributed by atoms with Crippen LogP contribution in [0.4, 0.5) is 0 Å². The lowest BCUT2D eigenvalue weighted by atomic mass is 10.1. The predicted molar refractivity (Wildman–Crippen MR) is 71.6 cm³/mol. The molecule has 0 N–H and O–H groups in total. The molecule has 3 heteroatoms. The van der Waals surface area contributed by atoms with Crippen molar-refractivity contribution in [3.63, 3.8) is 0 Å². The summed E-state index contributed by atoms with van der Waals surface area (Å²) in [5.41, 5.74) is 1.53. The molecule has 0 saturated carbocycles. The average Bonchev–Trinajstić information content (AvgIpc) is 2.97. The Kier molecular flexibility index (Phi) is 3.41. The molecule has 2 nitrogen and oxygen atoms in total. The zero-order valence-corrected chi connectivity index (χ0v) is 11.1. The van der Waals surface area contributed by atoms with Crippen LogP contribution in [0.2, 0.25) is 0 Å². The molecule has 1 fully saturated rings. The number of likely N-dealkylation sites (N-methyl/N-ethyl adjacent to an activating group) is 1. The Hall–Kier alpha value is -0.510. The standard InChI is InChI=1S/C14H19NOS/c1-15(12-6-7-16-10-12)9-13-8-11-4-2-3-5-14(11)17-13/h2-5,12-13H,6-10H2,1H3. The second-order valence-corrected chi connectivity index (χ2v) is 6.35. The maximum Gasteiger partial charge on any atom is 0.0622 e. The van der Waals surface area contributed by atoms with Crippen LogP contribution in [-0.2, 0) is 11.2 Å². The highest BCUT2D eigenvalue weighted by atomic mass is 32.2. The van der Waals surface area contributed by atoms with Crippen LogP contribution in [0.1, 0.15) is 12.0 Å². The molecule has 2 atom stereocenters. The van der Waals surface area contributed by atoms with E-state index in [0.717, 1.165) is 18.5 Å². The number of fused-ring (bicyclic) bond motifs is 1. The van der Waals surface area contributed by atoms with Gasteiger partial charge in [0.25, 0.3) is 0 Å². The number of thioether (sulfide) groups is 1. The third kappa shape index (κ3) is 2.51. The highest BCUT2D eigenvalue weighted by molar-refractivity contribution is 8.00. The van der Waals surface area contributed by atoms with E-state index < -0.39 is 0 Å². The summed E-state index contributed by atoms with van der Waals surface area (Å²) in [4.78, 5) is 3.96. The minimum absolute atomic E-state index is 0.638. The van der Waals surface area contributed by atoms with Gasteiger partial charge >= 0.3 is 0 Å². The molecule has 0 spiro atoms. The van der Waals surface area contributed by atoms with E-state index in [1.807, 2.05) is 11.8 Å². The molecule has 2 aliphatic heterocycles. The van der Waals surface area contributed by atoms with E-state index in [1.165, 1.54) is 29.8 Å². The fourth-order valence-electron chi connectivity index (χ4n) is 2.70. The first-order valence-electron chi connectivity index (χ1n) is 6.35. The third-order valence-electron chi connectivity index (χ3n) is 3.73. The fraction of sp³-hybridized carbons (Fsp3) is 0.571. The summed E-state index contributed by atoms with van der Waals surface area (Å²) >= 11 is 2.04. The SMILES string of the molecule is CN(CC1Cc2ccccc2S1)C1CCOC1. The smallest absolute Gasteiger partial charge is 0.0622 e. The largest absolute Gasteiger partial charge is 0.380 e. The van der Waals surface area contributed by atoms with Crippen molar-refractivity contribution in [2.24, 2.45) is 0 Å². The Bertz CT molecular complexity index is 365. The van der Waals surface area contributed by atoms with Crippen molar-refractivity contribution >= 4 is 11.8 Å². The second-order valence-electron chi connectivity index (χ2n) is 5.01. The molecular weight excluding hydrogens is 230 g/mol. The summed E-state index contributed by atoms with van der Waals surface area (Å²) in [5, 5.41) is 0.720. The van der Waals surface area contributed by atoms with Gasteiger partial charge in [-0.05, 0) is 31.5 Å². The normalized spacial score (nSPS) is 27.6. The molecule has 1 aromatic carbocycles. The first kappa shape index (κ1) is 11.6. The molecule has 2 unspecified atom stereocenters. The molecule has 1 aromatic rings. The number of rotatable bonds is 3. The van der Waals surface area contributed by atoms with E-state index in [1.54, 1.807) is 0 Å².